The van der Waals surface area contributed by atoms with Crippen LogP contribution in [0.3, 0.4) is 0 Å². The Bertz CT molecular complexity index is 261. The molecule has 0 unspecified atom stereocenters. The Balaban J connectivity index is 2.27. The molecule has 4 heteroatoms. The average molecular weight is 270 g/mol. The van der Waals surface area contributed by atoms with Crippen LogP contribution < -0.4 is 5.32 Å². The predicted octanol–water partition coefficient (Wildman–Crippen LogP) is 3.02. The third kappa shape index (κ3) is 5.81. The van der Waals surface area contributed by atoms with Crippen molar-refractivity contribution in [3.8, 4) is 0 Å². The molecule has 1 rings (SSSR count). The summed E-state index contributed by atoms with van der Waals surface area (Å²) in [5.41, 5.74) is 0. The summed E-state index contributed by atoms with van der Waals surface area (Å²) in [7, 11) is 1.87. The lowest BCUT2D eigenvalue weighted by Gasteiger charge is -2.34. The van der Waals surface area contributed by atoms with Crippen molar-refractivity contribution in [3.05, 3.63) is 0 Å². The molecular formula is C15H30N2O2. The van der Waals surface area contributed by atoms with Crippen molar-refractivity contribution in [1.29, 1.82) is 0 Å². The van der Waals surface area contributed by atoms with Crippen molar-refractivity contribution in [2.24, 2.45) is 5.92 Å². The molecule has 0 bridgehead atoms. The largest absolute Gasteiger partial charge is 0.449 e. The van der Waals surface area contributed by atoms with Crippen LogP contribution in [-0.2, 0) is 4.74 Å². The van der Waals surface area contributed by atoms with Crippen molar-refractivity contribution in [3.63, 3.8) is 0 Å². The predicted molar refractivity (Wildman–Crippen MR) is 78.3 cm³/mol. The molecule has 0 aliphatic heterocycles. The maximum Gasteiger partial charge on any atom is 0.409 e. The van der Waals surface area contributed by atoms with Crippen LogP contribution in [0.2, 0.25) is 0 Å². The molecule has 0 aromatic rings. The van der Waals surface area contributed by atoms with Gasteiger partial charge in [-0.05, 0) is 44.6 Å². The van der Waals surface area contributed by atoms with Gasteiger partial charge in [-0.15, -0.1) is 0 Å². The first-order valence-corrected chi connectivity index (χ1v) is 7.67. The minimum absolute atomic E-state index is 0.168. The van der Waals surface area contributed by atoms with Crippen LogP contribution in [0.25, 0.3) is 0 Å². The minimum atomic E-state index is -0.168. The molecule has 1 fully saturated rings. The molecule has 1 N–H and O–H groups in total. The van der Waals surface area contributed by atoms with Gasteiger partial charge in [0.25, 0.3) is 0 Å². The maximum atomic E-state index is 11.9. The number of nitrogens with zero attached hydrogens (tertiary/aromatic N) is 1. The fourth-order valence-electron chi connectivity index (χ4n) is 2.50. The van der Waals surface area contributed by atoms with Crippen LogP contribution in [0.5, 0.6) is 0 Å². The average Bonchev–Trinajstić information content (AvgIpc) is 2.42. The van der Waals surface area contributed by atoms with Gasteiger partial charge in [0.1, 0.15) is 0 Å². The molecule has 0 aromatic heterocycles. The summed E-state index contributed by atoms with van der Waals surface area (Å²) in [4.78, 5) is 13.7. The summed E-state index contributed by atoms with van der Waals surface area (Å²) in [6, 6.07) is 0.982. The highest BCUT2D eigenvalue weighted by Crippen LogP contribution is 2.23. The molecule has 0 spiro atoms. The molecule has 1 aliphatic rings. The molecule has 0 heterocycles. The topological polar surface area (TPSA) is 41.6 Å². The lowest BCUT2D eigenvalue weighted by Crippen LogP contribution is -2.43. The highest BCUT2D eigenvalue weighted by atomic mass is 16.6. The molecule has 1 saturated carbocycles. The standard InChI is InChI=1S/C15H30N2O2/c1-5-10-16-13-6-8-14(9-7-13)17(4)15(18)19-11-12(2)3/h12-14,16H,5-11H2,1-4H3. The van der Waals surface area contributed by atoms with Gasteiger partial charge in [-0.1, -0.05) is 20.8 Å². The molecular weight excluding hydrogens is 240 g/mol. The first-order chi connectivity index (χ1) is 9.04. The molecule has 0 atom stereocenters. The van der Waals surface area contributed by atoms with Crippen molar-refractivity contribution in [2.75, 3.05) is 20.2 Å². The molecule has 112 valence electrons. The fourth-order valence-corrected chi connectivity index (χ4v) is 2.50. The van der Waals surface area contributed by atoms with Crippen molar-refractivity contribution in [1.82, 2.24) is 10.2 Å². The summed E-state index contributed by atoms with van der Waals surface area (Å²) < 4.78 is 5.28. The normalized spacial score (nSPS) is 23.4. The second-order valence-corrected chi connectivity index (χ2v) is 6.04. The van der Waals surface area contributed by atoms with E-state index in [1.54, 1.807) is 4.90 Å². The van der Waals surface area contributed by atoms with Gasteiger partial charge in [0.05, 0.1) is 6.61 Å². The SMILES string of the molecule is CCCNC1CCC(N(C)C(=O)OCC(C)C)CC1. The van der Waals surface area contributed by atoms with E-state index in [1.165, 1.54) is 6.42 Å². The number of nitrogens with one attached hydrogen (secondary N) is 1. The van der Waals surface area contributed by atoms with Crippen LogP contribution in [-0.4, -0.2) is 43.3 Å². The first kappa shape index (κ1) is 16.3. The molecule has 19 heavy (non-hydrogen) atoms. The summed E-state index contributed by atoms with van der Waals surface area (Å²) >= 11 is 0. The zero-order valence-electron chi connectivity index (χ0n) is 12.9. The highest BCUT2D eigenvalue weighted by Gasteiger charge is 2.26. The van der Waals surface area contributed by atoms with Crippen molar-refractivity contribution < 1.29 is 9.53 Å². The first-order valence-electron chi connectivity index (χ1n) is 7.67. The van der Waals surface area contributed by atoms with E-state index in [2.05, 4.69) is 26.1 Å². The van der Waals surface area contributed by atoms with Gasteiger partial charge in [-0.2, -0.15) is 0 Å². The zero-order valence-corrected chi connectivity index (χ0v) is 12.9. The summed E-state index contributed by atoms with van der Waals surface area (Å²) in [6.07, 6.45) is 5.49. The Hall–Kier alpha value is -0.770. The minimum Gasteiger partial charge on any atom is -0.449 e. The van der Waals surface area contributed by atoms with Gasteiger partial charge >= 0.3 is 6.09 Å². The van der Waals surface area contributed by atoms with Gasteiger partial charge in [0, 0.05) is 19.1 Å². The zero-order chi connectivity index (χ0) is 14.3. The molecule has 1 aliphatic carbocycles. The number of rotatable bonds is 6. The molecule has 4 nitrogen and oxygen atoms in total. The second-order valence-electron chi connectivity index (χ2n) is 6.04. The Morgan fingerprint density at radius 2 is 1.95 bits per heavy atom. The summed E-state index contributed by atoms with van der Waals surface area (Å²) in [6.45, 7) is 7.91. The lowest BCUT2D eigenvalue weighted by atomic mass is 9.90. The van der Waals surface area contributed by atoms with Crippen LogP contribution in [0.1, 0.15) is 52.9 Å². The van der Waals surface area contributed by atoms with Gasteiger partial charge in [-0.3, -0.25) is 0 Å². The monoisotopic (exact) mass is 270 g/mol. The number of carbonyl (C=O) groups excluding carboxylic acids is 1. The fraction of sp³-hybridized carbons (Fsp3) is 0.933. The third-order valence-corrected chi connectivity index (χ3v) is 3.76. The van der Waals surface area contributed by atoms with E-state index >= 15 is 0 Å². The van der Waals surface area contributed by atoms with E-state index in [-0.39, 0.29) is 6.09 Å². The van der Waals surface area contributed by atoms with Crippen molar-refractivity contribution >= 4 is 6.09 Å². The van der Waals surface area contributed by atoms with Gasteiger partial charge < -0.3 is 15.0 Å². The lowest BCUT2D eigenvalue weighted by molar-refractivity contribution is 0.0778. The molecule has 0 saturated heterocycles. The Morgan fingerprint density at radius 3 is 2.47 bits per heavy atom. The summed E-state index contributed by atoms with van der Waals surface area (Å²) in [5, 5.41) is 3.57. The van der Waals surface area contributed by atoms with Gasteiger partial charge in [0.15, 0.2) is 0 Å². The van der Waals surface area contributed by atoms with E-state index in [0.29, 0.717) is 24.6 Å². The number of hydrogen-bond acceptors (Lipinski definition) is 3. The number of ether oxygens (including phenoxy) is 1. The maximum absolute atomic E-state index is 11.9. The van der Waals surface area contributed by atoms with Crippen LogP contribution >= 0.6 is 0 Å². The Morgan fingerprint density at radius 1 is 1.32 bits per heavy atom. The highest BCUT2D eigenvalue weighted by molar-refractivity contribution is 5.67. The van der Waals surface area contributed by atoms with Crippen molar-refractivity contribution in [2.45, 2.75) is 65.0 Å². The van der Waals surface area contributed by atoms with E-state index in [9.17, 15) is 4.79 Å². The van der Waals surface area contributed by atoms with E-state index < -0.39 is 0 Å². The van der Waals surface area contributed by atoms with E-state index in [0.717, 1.165) is 32.2 Å². The number of carbonyl (C=O) groups is 1. The Kier molecular flexibility index (Phi) is 7.21. The molecule has 0 radical (unpaired) electrons. The van der Waals surface area contributed by atoms with Crippen LogP contribution in [0.4, 0.5) is 4.79 Å². The van der Waals surface area contributed by atoms with Gasteiger partial charge in [0.2, 0.25) is 0 Å². The number of hydrogen-bond donors (Lipinski definition) is 1. The Labute approximate surface area is 117 Å². The molecule has 0 aromatic carbocycles. The number of amides is 1. The second kappa shape index (κ2) is 8.41. The molecule has 1 amide bonds. The van der Waals surface area contributed by atoms with Gasteiger partial charge in [-0.25, -0.2) is 4.79 Å². The van der Waals surface area contributed by atoms with Crippen LogP contribution in [0, 0.1) is 5.92 Å². The van der Waals surface area contributed by atoms with Crippen LogP contribution in [0.15, 0.2) is 0 Å². The van der Waals surface area contributed by atoms with E-state index in [4.69, 9.17) is 4.74 Å². The van der Waals surface area contributed by atoms with E-state index in [1.807, 2.05) is 7.05 Å². The summed E-state index contributed by atoms with van der Waals surface area (Å²) in [5.74, 6) is 0.395. The quantitative estimate of drug-likeness (QED) is 0.806. The third-order valence-electron chi connectivity index (χ3n) is 3.76. The smallest absolute Gasteiger partial charge is 0.409 e.